The second kappa shape index (κ2) is 8.36. The molecule has 1 saturated heterocycles. The third kappa shape index (κ3) is 4.58. The maximum atomic E-state index is 13.0. The molecule has 1 aliphatic carbocycles. The van der Waals surface area contributed by atoms with Gasteiger partial charge in [0.25, 0.3) is 0 Å². The fourth-order valence-corrected chi connectivity index (χ4v) is 5.07. The van der Waals surface area contributed by atoms with Gasteiger partial charge in [-0.25, -0.2) is 8.42 Å². The molecule has 0 spiro atoms. The van der Waals surface area contributed by atoms with E-state index in [1.807, 2.05) is 18.2 Å². The lowest BCUT2D eigenvalue weighted by Crippen LogP contribution is -2.40. The summed E-state index contributed by atoms with van der Waals surface area (Å²) in [5.41, 5.74) is 0.231. The fourth-order valence-electron chi connectivity index (χ4n) is 3.13. The third-order valence-electron chi connectivity index (χ3n) is 4.93. The van der Waals surface area contributed by atoms with Crippen LogP contribution in [0.25, 0.3) is 0 Å². The number of benzene rings is 2. The molecule has 160 valence electrons. The highest BCUT2D eigenvalue weighted by Crippen LogP contribution is 2.53. The summed E-state index contributed by atoms with van der Waals surface area (Å²) in [5.74, 6) is -0.0955. The first-order valence-electron chi connectivity index (χ1n) is 9.41. The van der Waals surface area contributed by atoms with Gasteiger partial charge in [0.15, 0.2) is 5.75 Å². The molecule has 10 heteroatoms. The van der Waals surface area contributed by atoms with Crippen LogP contribution in [-0.4, -0.2) is 49.3 Å². The molecular formula is C20H20Cl2N2O5S. The van der Waals surface area contributed by atoms with Gasteiger partial charge in [0.05, 0.1) is 29.7 Å². The number of amides is 1. The monoisotopic (exact) mass is 470 g/mol. The Kier molecular flexibility index (Phi) is 5.96. The van der Waals surface area contributed by atoms with Gasteiger partial charge in [0.1, 0.15) is 10.1 Å². The van der Waals surface area contributed by atoms with Crippen molar-refractivity contribution in [3.8, 4) is 11.5 Å². The van der Waals surface area contributed by atoms with E-state index < -0.39 is 20.3 Å². The number of nitrogens with one attached hydrogen (secondary N) is 1. The van der Waals surface area contributed by atoms with Crippen molar-refractivity contribution in [1.29, 1.82) is 0 Å². The van der Waals surface area contributed by atoms with Gasteiger partial charge in [0.2, 0.25) is 15.9 Å². The molecule has 1 amide bonds. The first-order valence-corrected chi connectivity index (χ1v) is 11.6. The molecule has 1 atom stereocenters. The number of anilines is 1. The Morgan fingerprint density at radius 2 is 1.80 bits per heavy atom. The molecule has 1 unspecified atom stereocenters. The number of hydrogen-bond acceptors (Lipinski definition) is 5. The smallest absolute Gasteiger partial charge is 0.243 e. The first-order chi connectivity index (χ1) is 14.3. The molecule has 30 heavy (non-hydrogen) atoms. The Morgan fingerprint density at radius 3 is 2.43 bits per heavy atom. The molecule has 2 aromatic rings. The summed E-state index contributed by atoms with van der Waals surface area (Å²) >= 11 is 12.0. The number of nitrogens with zero attached hydrogens (tertiary/aromatic N) is 1. The number of rotatable bonds is 6. The number of carbonyl (C=O) groups excluding carboxylic acids is 1. The van der Waals surface area contributed by atoms with Crippen molar-refractivity contribution in [2.75, 3.05) is 31.6 Å². The Labute approximate surface area is 184 Å². The topological polar surface area (TPSA) is 84.9 Å². The van der Waals surface area contributed by atoms with Gasteiger partial charge in [-0.05, 0) is 36.8 Å². The van der Waals surface area contributed by atoms with Crippen LogP contribution in [0.5, 0.6) is 11.5 Å². The van der Waals surface area contributed by atoms with Crippen LogP contribution in [0.4, 0.5) is 5.69 Å². The molecule has 2 fully saturated rings. The van der Waals surface area contributed by atoms with Gasteiger partial charge in [-0.15, -0.1) is 23.2 Å². The minimum absolute atomic E-state index is 0.0546. The highest BCUT2D eigenvalue weighted by atomic mass is 35.5. The van der Waals surface area contributed by atoms with Crippen LogP contribution in [0.2, 0.25) is 0 Å². The van der Waals surface area contributed by atoms with Crippen LogP contribution in [0.1, 0.15) is 6.42 Å². The molecule has 1 N–H and O–H groups in total. The van der Waals surface area contributed by atoms with Crippen molar-refractivity contribution in [3.05, 3.63) is 48.5 Å². The third-order valence-corrected chi connectivity index (χ3v) is 7.66. The van der Waals surface area contributed by atoms with Crippen molar-refractivity contribution < 1.29 is 22.7 Å². The van der Waals surface area contributed by atoms with Crippen LogP contribution in [0.15, 0.2) is 53.4 Å². The Morgan fingerprint density at radius 1 is 1.13 bits per heavy atom. The zero-order valence-electron chi connectivity index (χ0n) is 15.9. The average molecular weight is 471 g/mol. The van der Waals surface area contributed by atoms with Crippen LogP contribution in [0.3, 0.4) is 0 Å². The lowest BCUT2D eigenvalue weighted by molar-refractivity contribution is -0.117. The fraction of sp³-hybridized carbons (Fsp3) is 0.350. The van der Waals surface area contributed by atoms with Crippen LogP contribution < -0.4 is 10.1 Å². The molecule has 4 rings (SSSR count). The maximum absolute atomic E-state index is 13.0. The standard InChI is InChI=1S/C20H20Cl2N2O5S/c21-20(22)13-16(20)19(25)23-17-12-15(30(26,27)24-8-10-28-11-9-24)6-7-18(17)29-14-4-2-1-3-5-14/h1-7,12,16H,8-11,13H2,(H,23,25). The van der Waals surface area contributed by atoms with Crippen molar-refractivity contribution in [3.63, 3.8) is 0 Å². The zero-order valence-corrected chi connectivity index (χ0v) is 18.2. The maximum Gasteiger partial charge on any atom is 0.243 e. The van der Waals surface area contributed by atoms with Crippen LogP contribution in [-0.2, 0) is 19.6 Å². The van der Waals surface area contributed by atoms with Crippen LogP contribution in [0, 0.1) is 5.92 Å². The van der Waals surface area contributed by atoms with E-state index in [9.17, 15) is 13.2 Å². The van der Waals surface area contributed by atoms with Crippen LogP contribution >= 0.6 is 23.2 Å². The van der Waals surface area contributed by atoms with Gasteiger partial charge in [-0.2, -0.15) is 4.31 Å². The van der Waals surface area contributed by atoms with Gasteiger partial charge < -0.3 is 14.8 Å². The number of para-hydroxylation sites is 1. The second-order valence-corrected chi connectivity index (χ2v) is 10.6. The van der Waals surface area contributed by atoms with Gasteiger partial charge in [0, 0.05) is 13.1 Å². The summed E-state index contributed by atoms with van der Waals surface area (Å²) in [6.07, 6.45) is 0.336. The molecule has 2 aromatic carbocycles. The van der Waals surface area contributed by atoms with E-state index in [0.717, 1.165) is 0 Å². The number of alkyl halides is 2. The molecule has 1 saturated carbocycles. The molecule has 0 radical (unpaired) electrons. The summed E-state index contributed by atoms with van der Waals surface area (Å²) < 4.78 is 37.4. The number of hydrogen-bond donors (Lipinski definition) is 1. The van der Waals surface area contributed by atoms with E-state index in [-0.39, 0.29) is 29.6 Å². The zero-order chi connectivity index (χ0) is 21.4. The molecule has 1 heterocycles. The highest BCUT2D eigenvalue weighted by Gasteiger charge is 2.56. The normalized spacial score (nSPS) is 21.1. The molecule has 1 aliphatic heterocycles. The number of halogens is 2. The summed E-state index contributed by atoms with van der Waals surface area (Å²) in [7, 11) is -3.74. The van der Waals surface area contributed by atoms with E-state index in [2.05, 4.69) is 5.32 Å². The summed E-state index contributed by atoms with van der Waals surface area (Å²) in [5, 5.41) is 2.72. The number of morpholine rings is 1. The lowest BCUT2D eigenvalue weighted by atomic mass is 10.2. The van der Waals surface area contributed by atoms with E-state index in [4.69, 9.17) is 32.7 Å². The summed E-state index contributed by atoms with van der Waals surface area (Å²) in [4.78, 5) is 12.6. The van der Waals surface area contributed by atoms with Crippen molar-refractivity contribution in [2.45, 2.75) is 15.6 Å². The van der Waals surface area contributed by atoms with Gasteiger partial charge in [-0.1, -0.05) is 18.2 Å². The quantitative estimate of drug-likeness (QED) is 0.651. The molecule has 2 aliphatic rings. The second-order valence-electron chi connectivity index (χ2n) is 7.10. The lowest BCUT2D eigenvalue weighted by Gasteiger charge is -2.26. The molecular weight excluding hydrogens is 451 g/mol. The van der Waals surface area contributed by atoms with Crippen molar-refractivity contribution in [2.24, 2.45) is 5.92 Å². The average Bonchev–Trinajstić information content (AvgIpc) is 3.39. The minimum Gasteiger partial charge on any atom is -0.455 e. The SMILES string of the molecule is O=C(Nc1cc(S(=O)(=O)N2CCOCC2)ccc1Oc1ccccc1)C1CC1(Cl)Cl. The summed E-state index contributed by atoms with van der Waals surface area (Å²) in [6.45, 7) is 1.23. The van der Waals surface area contributed by atoms with E-state index in [1.54, 1.807) is 12.1 Å². The number of sulfonamides is 1. The first kappa shape index (κ1) is 21.4. The number of ether oxygens (including phenoxy) is 2. The van der Waals surface area contributed by atoms with Gasteiger partial charge in [-0.3, -0.25) is 4.79 Å². The molecule has 0 bridgehead atoms. The Hall–Kier alpha value is -1.84. The minimum atomic E-state index is -3.74. The largest absolute Gasteiger partial charge is 0.455 e. The summed E-state index contributed by atoms with van der Waals surface area (Å²) in [6, 6.07) is 13.4. The van der Waals surface area contributed by atoms with E-state index >= 15 is 0 Å². The van der Waals surface area contributed by atoms with Crippen molar-refractivity contribution >= 4 is 44.8 Å². The predicted octanol–water partition coefficient (Wildman–Crippen LogP) is 3.63. The molecule has 7 nitrogen and oxygen atoms in total. The predicted molar refractivity (Wildman–Crippen MR) is 114 cm³/mol. The van der Waals surface area contributed by atoms with Gasteiger partial charge >= 0.3 is 0 Å². The Balaban J connectivity index is 1.65. The van der Waals surface area contributed by atoms with Crippen molar-refractivity contribution in [1.82, 2.24) is 4.31 Å². The Bertz CT molecular complexity index is 1040. The van der Waals surface area contributed by atoms with E-state index in [1.165, 1.54) is 22.5 Å². The van der Waals surface area contributed by atoms with E-state index in [0.29, 0.717) is 31.1 Å². The number of carbonyl (C=O) groups is 1. The highest BCUT2D eigenvalue weighted by molar-refractivity contribution is 7.89. The molecule has 0 aromatic heterocycles.